The van der Waals surface area contributed by atoms with Gasteiger partial charge in [-0.3, -0.25) is 14.4 Å². The molecule has 8 nitrogen and oxygen atoms in total. The Balaban J connectivity index is 1.47. The number of esters is 1. The fourth-order valence-electron chi connectivity index (χ4n) is 3.36. The smallest absolute Gasteiger partial charge is 0.325 e. The van der Waals surface area contributed by atoms with Crippen LogP contribution in [0.5, 0.6) is 0 Å². The summed E-state index contributed by atoms with van der Waals surface area (Å²) in [4.78, 5) is 38.0. The normalized spacial score (nSPS) is 20.4. The molecule has 0 radical (unpaired) electrons. The molecule has 2 fully saturated rings. The molecule has 1 N–H and O–H groups in total. The van der Waals surface area contributed by atoms with Gasteiger partial charge in [0.2, 0.25) is 0 Å². The zero-order valence-electron chi connectivity index (χ0n) is 15.7. The zero-order chi connectivity index (χ0) is 20.3. The van der Waals surface area contributed by atoms with E-state index in [0.29, 0.717) is 12.0 Å². The second-order valence-electron chi connectivity index (χ2n) is 7.30. The van der Waals surface area contributed by atoms with Gasteiger partial charge >= 0.3 is 5.97 Å². The molecule has 2 amide bonds. The Hall–Kier alpha value is -2.42. The van der Waals surface area contributed by atoms with Crippen molar-refractivity contribution in [2.75, 3.05) is 24.7 Å². The molecule has 1 saturated carbocycles. The molecule has 0 unspecified atom stereocenters. The lowest BCUT2D eigenvalue weighted by atomic mass is 10.1. The van der Waals surface area contributed by atoms with E-state index >= 15 is 0 Å². The van der Waals surface area contributed by atoms with Crippen LogP contribution in [0, 0.1) is 6.92 Å². The summed E-state index contributed by atoms with van der Waals surface area (Å²) in [5.74, 6) is -1.45. The summed E-state index contributed by atoms with van der Waals surface area (Å²) in [5, 5.41) is 2.46. The first-order valence-electron chi connectivity index (χ1n) is 9.27. The quantitative estimate of drug-likeness (QED) is 0.656. The number of rotatable bonds is 7. The summed E-state index contributed by atoms with van der Waals surface area (Å²) in [6, 6.07) is 6.64. The van der Waals surface area contributed by atoms with Gasteiger partial charge in [0.25, 0.3) is 11.8 Å². The molecule has 1 aromatic rings. The molecule has 3 rings (SSSR count). The number of sulfone groups is 1. The number of hydrogen-bond acceptors (Lipinski definition) is 6. The van der Waals surface area contributed by atoms with Gasteiger partial charge in [0.15, 0.2) is 16.4 Å². The van der Waals surface area contributed by atoms with Crippen molar-refractivity contribution in [1.29, 1.82) is 0 Å². The molecule has 9 heteroatoms. The summed E-state index contributed by atoms with van der Waals surface area (Å²) >= 11 is 0. The SMILES string of the molecule is Cc1cccc(C(=O)NCC(=O)OCC(=O)N(C2CC2)[C@@H]2CCS(=O)(=O)C2)c1. The van der Waals surface area contributed by atoms with E-state index in [0.717, 1.165) is 18.4 Å². The molecule has 152 valence electrons. The van der Waals surface area contributed by atoms with Crippen molar-refractivity contribution in [1.82, 2.24) is 10.2 Å². The summed E-state index contributed by atoms with van der Waals surface area (Å²) in [7, 11) is -3.11. The first kappa shape index (κ1) is 20.3. The molecule has 1 aromatic carbocycles. The van der Waals surface area contributed by atoms with Gasteiger partial charge in [0, 0.05) is 17.6 Å². The number of amides is 2. The van der Waals surface area contributed by atoms with Gasteiger partial charge in [-0.05, 0) is 38.3 Å². The highest BCUT2D eigenvalue weighted by molar-refractivity contribution is 7.91. The van der Waals surface area contributed by atoms with Crippen LogP contribution < -0.4 is 5.32 Å². The summed E-state index contributed by atoms with van der Waals surface area (Å²) in [6.07, 6.45) is 2.09. The predicted molar refractivity (Wildman–Crippen MR) is 101 cm³/mol. The minimum absolute atomic E-state index is 0.0320. The van der Waals surface area contributed by atoms with Gasteiger partial charge in [-0.25, -0.2) is 8.42 Å². The average Bonchev–Trinajstić information content (AvgIpc) is 3.41. The molecule has 0 aromatic heterocycles. The summed E-state index contributed by atoms with van der Waals surface area (Å²) in [6.45, 7) is 1.06. The third-order valence-corrected chi connectivity index (χ3v) is 6.61. The number of carbonyl (C=O) groups excluding carboxylic acids is 3. The van der Waals surface area contributed by atoms with Crippen LogP contribution in [0.4, 0.5) is 0 Å². The molecule has 1 atom stereocenters. The van der Waals surface area contributed by atoms with E-state index in [-0.39, 0.29) is 36.0 Å². The van der Waals surface area contributed by atoms with E-state index in [4.69, 9.17) is 4.74 Å². The zero-order valence-corrected chi connectivity index (χ0v) is 16.5. The largest absolute Gasteiger partial charge is 0.454 e. The number of nitrogens with zero attached hydrogens (tertiary/aromatic N) is 1. The fraction of sp³-hybridized carbons (Fsp3) is 0.526. The van der Waals surface area contributed by atoms with Crippen molar-refractivity contribution in [3.8, 4) is 0 Å². The van der Waals surface area contributed by atoms with Crippen molar-refractivity contribution in [2.24, 2.45) is 0 Å². The van der Waals surface area contributed by atoms with Crippen LogP contribution in [-0.4, -0.2) is 67.8 Å². The topological polar surface area (TPSA) is 110 Å². The monoisotopic (exact) mass is 408 g/mol. The van der Waals surface area contributed by atoms with Gasteiger partial charge in [0.1, 0.15) is 6.54 Å². The van der Waals surface area contributed by atoms with Crippen LogP contribution in [-0.2, 0) is 24.2 Å². The highest BCUT2D eigenvalue weighted by atomic mass is 32.2. The Kier molecular flexibility index (Phi) is 6.02. The molecule has 1 saturated heterocycles. The highest BCUT2D eigenvalue weighted by Gasteiger charge is 2.42. The summed E-state index contributed by atoms with van der Waals surface area (Å²) < 4.78 is 28.4. The Morgan fingerprint density at radius 3 is 2.54 bits per heavy atom. The molecular weight excluding hydrogens is 384 g/mol. The van der Waals surface area contributed by atoms with E-state index in [1.54, 1.807) is 23.1 Å². The van der Waals surface area contributed by atoms with E-state index in [2.05, 4.69) is 5.32 Å². The Labute approximate surface area is 164 Å². The van der Waals surface area contributed by atoms with Gasteiger partial charge in [-0.15, -0.1) is 0 Å². The maximum atomic E-state index is 12.5. The van der Waals surface area contributed by atoms with Crippen LogP contribution in [0.25, 0.3) is 0 Å². The molecule has 0 bridgehead atoms. The number of carbonyl (C=O) groups is 3. The Morgan fingerprint density at radius 2 is 1.93 bits per heavy atom. The van der Waals surface area contributed by atoms with Crippen molar-refractivity contribution in [3.05, 3.63) is 35.4 Å². The van der Waals surface area contributed by atoms with Crippen molar-refractivity contribution in [3.63, 3.8) is 0 Å². The van der Waals surface area contributed by atoms with E-state index in [9.17, 15) is 22.8 Å². The standard InChI is InChI=1S/C19H24N2O6S/c1-13-3-2-4-14(9-13)19(24)20-10-18(23)27-11-17(22)21(15-5-6-15)16-7-8-28(25,26)12-16/h2-4,9,15-16H,5-8,10-12H2,1H3,(H,20,24)/t16-/m1/s1. The average molecular weight is 408 g/mol. The number of nitrogens with one attached hydrogen (secondary N) is 1. The van der Waals surface area contributed by atoms with Gasteiger partial charge in [0.05, 0.1) is 11.5 Å². The summed E-state index contributed by atoms with van der Waals surface area (Å²) in [5.41, 5.74) is 1.36. The lowest BCUT2D eigenvalue weighted by Gasteiger charge is -2.28. The van der Waals surface area contributed by atoms with Crippen molar-refractivity contribution < 1.29 is 27.5 Å². The maximum absolute atomic E-state index is 12.5. The highest BCUT2D eigenvalue weighted by Crippen LogP contribution is 2.32. The molecular formula is C19H24N2O6S. The Bertz CT molecular complexity index is 878. The van der Waals surface area contributed by atoms with E-state index < -0.39 is 28.3 Å². The second-order valence-corrected chi connectivity index (χ2v) is 9.53. The minimum atomic E-state index is -3.11. The second kappa shape index (κ2) is 8.30. The fourth-order valence-corrected chi connectivity index (χ4v) is 5.07. The van der Waals surface area contributed by atoms with Gasteiger partial charge < -0.3 is 15.0 Å². The molecule has 1 aliphatic heterocycles. The van der Waals surface area contributed by atoms with Gasteiger partial charge in [-0.2, -0.15) is 0 Å². The number of ether oxygens (including phenoxy) is 1. The Morgan fingerprint density at radius 1 is 1.18 bits per heavy atom. The molecule has 1 heterocycles. The van der Waals surface area contributed by atoms with E-state index in [1.165, 1.54) is 0 Å². The van der Waals surface area contributed by atoms with Crippen LogP contribution in [0.15, 0.2) is 24.3 Å². The van der Waals surface area contributed by atoms with Gasteiger partial charge in [-0.1, -0.05) is 17.7 Å². The van der Waals surface area contributed by atoms with Crippen LogP contribution in [0.1, 0.15) is 35.2 Å². The van der Waals surface area contributed by atoms with Crippen LogP contribution >= 0.6 is 0 Å². The van der Waals surface area contributed by atoms with Crippen molar-refractivity contribution in [2.45, 2.75) is 38.3 Å². The lowest BCUT2D eigenvalue weighted by molar-refractivity contribution is -0.152. The third-order valence-electron chi connectivity index (χ3n) is 4.86. The van der Waals surface area contributed by atoms with E-state index in [1.807, 2.05) is 13.0 Å². The maximum Gasteiger partial charge on any atom is 0.325 e. The third kappa shape index (κ3) is 5.31. The molecule has 1 aliphatic carbocycles. The number of benzene rings is 1. The molecule has 0 spiro atoms. The predicted octanol–water partition coefficient (Wildman–Crippen LogP) is 0.446. The van der Waals surface area contributed by atoms with Crippen molar-refractivity contribution >= 4 is 27.6 Å². The molecule has 2 aliphatic rings. The first-order chi connectivity index (χ1) is 13.2. The van der Waals surface area contributed by atoms with Crippen LogP contribution in [0.2, 0.25) is 0 Å². The minimum Gasteiger partial charge on any atom is -0.454 e. The first-order valence-corrected chi connectivity index (χ1v) is 11.1. The lowest BCUT2D eigenvalue weighted by Crippen LogP contribution is -2.45. The number of hydrogen-bond donors (Lipinski definition) is 1. The number of aryl methyl sites for hydroxylation is 1. The van der Waals surface area contributed by atoms with Crippen LogP contribution in [0.3, 0.4) is 0 Å². The molecule has 28 heavy (non-hydrogen) atoms.